The number of nitrogens with zero attached hydrogens (tertiary/aromatic N) is 2. The van der Waals surface area contributed by atoms with Crippen molar-refractivity contribution in [2.24, 2.45) is 5.92 Å². The maximum atomic E-state index is 12.6. The molecule has 1 aromatic rings. The van der Waals surface area contributed by atoms with Gasteiger partial charge >= 0.3 is 0 Å². The van der Waals surface area contributed by atoms with Gasteiger partial charge in [-0.05, 0) is 24.0 Å². The van der Waals surface area contributed by atoms with Gasteiger partial charge in [-0.3, -0.25) is 9.59 Å². The Bertz CT molecular complexity index is 593. The van der Waals surface area contributed by atoms with Crippen molar-refractivity contribution in [1.82, 2.24) is 9.80 Å². The van der Waals surface area contributed by atoms with Crippen molar-refractivity contribution in [3.05, 3.63) is 42.0 Å². The number of benzene rings is 1. The quantitative estimate of drug-likeness (QED) is 0.797. The molecular weight excluding hydrogens is 300 g/mol. The standard InChI is InChI=1S/C20H28N2O2/c1-4-17(18-9-6-5-7-10-18)15-19(23)21-11-8-12-22(14-13-21)20(24)16(2)3/h5-7,9-10,15-16H,4,8,11-14H2,1-3H3/b17-15-. The third-order valence-electron chi connectivity index (χ3n) is 4.44. The Labute approximate surface area is 145 Å². The Hall–Kier alpha value is -2.10. The number of hydrogen-bond donors (Lipinski definition) is 0. The summed E-state index contributed by atoms with van der Waals surface area (Å²) >= 11 is 0. The molecule has 0 atom stereocenters. The minimum atomic E-state index is 0.0110. The van der Waals surface area contributed by atoms with Gasteiger partial charge in [0, 0.05) is 38.2 Å². The third kappa shape index (κ3) is 4.70. The van der Waals surface area contributed by atoms with Crippen LogP contribution in [0.4, 0.5) is 0 Å². The molecule has 0 spiro atoms. The topological polar surface area (TPSA) is 40.6 Å². The zero-order chi connectivity index (χ0) is 17.5. The van der Waals surface area contributed by atoms with Crippen LogP contribution >= 0.6 is 0 Å². The van der Waals surface area contributed by atoms with Crippen LogP contribution < -0.4 is 0 Å². The van der Waals surface area contributed by atoms with E-state index in [4.69, 9.17) is 0 Å². The van der Waals surface area contributed by atoms with Gasteiger partial charge in [-0.15, -0.1) is 0 Å². The molecule has 1 heterocycles. The summed E-state index contributed by atoms with van der Waals surface area (Å²) in [4.78, 5) is 28.6. The molecule has 0 bridgehead atoms. The van der Waals surface area contributed by atoms with E-state index in [1.807, 2.05) is 54.0 Å². The van der Waals surface area contributed by atoms with Gasteiger partial charge in [0.1, 0.15) is 0 Å². The van der Waals surface area contributed by atoms with Crippen LogP contribution in [-0.2, 0) is 9.59 Å². The first-order chi connectivity index (χ1) is 11.5. The number of amides is 2. The second kappa shape index (κ2) is 8.67. The third-order valence-corrected chi connectivity index (χ3v) is 4.44. The highest BCUT2D eigenvalue weighted by Crippen LogP contribution is 2.18. The highest BCUT2D eigenvalue weighted by molar-refractivity contribution is 5.95. The smallest absolute Gasteiger partial charge is 0.246 e. The van der Waals surface area contributed by atoms with Gasteiger partial charge < -0.3 is 9.80 Å². The highest BCUT2D eigenvalue weighted by Gasteiger charge is 2.22. The van der Waals surface area contributed by atoms with E-state index in [2.05, 4.69) is 6.92 Å². The molecule has 1 aromatic carbocycles. The molecule has 0 unspecified atom stereocenters. The number of rotatable bonds is 4. The predicted molar refractivity (Wildman–Crippen MR) is 97.3 cm³/mol. The molecule has 1 saturated heterocycles. The van der Waals surface area contributed by atoms with Crippen LogP contribution in [0.2, 0.25) is 0 Å². The highest BCUT2D eigenvalue weighted by atomic mass is 16.2. The van der Waals surface area contributed by atoms with Crippen LogP contribution in [0, 0.1) is 5.92 Å². The van der Waals surface area contributed by atoms with Crippen LogP contribution in [0.5, 0.6) is 0 Å². The fourth-order valence-electron chi connectivity index (χ4n) is 3.01. The summed E-state index contributed by atoms with van der Waals surface area (Å²) in [5.74, 6) is 0.241. The average Bonchev–Trinajstić information content (AvgIpc) is 2.85. The number of allylic oxidation sites excluding steroid dienone is 1. The normalized spacial score (nSPS) is 16.2. The summed E-state index contributed by atoms with van der Waals surface area (Å²) in [6.07, 6.45) is 3.42. The molecule has 2 amide bonds. The second-order valence-electron chi connectivity index (χ2n) is 6.55. The van der Waals surface area contributed by atoms with E-state index in [0.717, 1.165) is 30.5 Å². The first kappa shape index (κ1) is 18.2. The summed E-state index contributed by atoms with van der Waals surface area (Å²) < 4.78 is 0. The van der Waals surface area contributed by atoms with Gasteiger partial charge in [-0.25, -0.2) is 0 Å². The zero-order valence-corrected chi connectivity index (χ0v) is 15.0. The lowest BCUT2D eigenvalue weighted by Crippen LogP contribution is -2.38. The van der Waals surface area contributed by atoms with E-state index < -0.39 is 0 Å². The summed E-state index contributed by atoms with van der Waals surface area (Å²) in [7, 11) is 0. The van der Waals surface area contributed by atoms with E-state index >= 15 is 0 Å². The summed E-state index contributed by atoms with van der Waals surface area (Å²) in [5, 5.41) is 0. The van der Waals surface area contributed by atoms with E-state index in [0.29, 0.717) is 19.6 Å². The SMILES string of the molecule is CC/C(=C/C(=O)N1CCCN(C(=O)C(C)C)CC1)c1ccccc1. The molecule has 2 rings (SSSR count). The van der Waals surface area contributed by atoms with Gasteiger partial charge in [-0.2, -0.15) is 0 Å². The molecular formula is C20H28N2O2. The summed E-state index contributed by atoms with van der Waals surface area (Å²) in [6, 6.07) is 10.0. The van der Waals surface area contributed by atoms with Crippen molar-refractivity contribution in [2.45, 2.75) is 33.6 Å². The molecule has 130 valence electrons. The Morgan fingerprint density at radius 1 is 1.04 bits per heavy atom. The molecule has 0 N–H and O–H groups in total. The lowest BCUT2D eigenvalue weighted by molar-refractivity contribution is -0.134. The molecule has 4 nitrogen and oxygen atoms in total. The molecule has 0 saturated carbocycles. The fraction of sp³-hybridized carbons (Fsp3) is 0.500. The van der Waals surface area contributed by atoms with Crippen LogP contribution in [0.15, 0.2) is 36.4 Å². The maximum Gasteiger partial charge on any atom is 0.246 e. The van der Waals surface area contributed by atoms with Crippen molar-refractivity contribution in [3.8, 4) is 0 Å². The molecule has 1 aliphatic heterocycles. The van der Waals surface area contributed by atoms with Crippen LogP contribution in [0.25, 0.3) is 5.57 Å². The van der Waals surface area contributed by atoms with Gasteiger partial charge in [0.25, 0.3) is 0 Å². The predicted octanol–water partition coefficient (Wildman–Crippen LogP) is 3.20. The van der Waals surface area contributed by atoms with Crippen LogP contribution in [0.1, 0.15) is 39.2 Å². The monoisotopic (exact) mass is 328 g/mol. The number of hydrogen-bond acceptors (Lipinski definition) is 2. The van der Waals surface area contributed by atoms with Gasteiger partial charge in [-0.1, -0.05) is 51.1 Å². The second-order valence-corrected chi connectivity index (χ2v) is 6.55. The Balaban J connectivity index is 2.04. The number of carbonyl (C=O) groups is 2. The minimum absolute atomic E-state index is 0.0110. The largest absolute Gasteiger partial charge is 0.341 e. The molecule has 1 fully saturated rings. The lowest BCUT2D eigenvalue weighted by atomic mass is 10.0. The lowest BCUT2D eigenvalue weighted by Gasteiger charge is -2.23. The molecule has 4 heteroatoms. The van der Waals surface area contributed by atoms with Crippen molar-refractivity contribution < 1.29 is 9.59 Å². The van der Waals surface area contributed by atoms with Crippen molar-refractivity contribution in [2.75, 3.05) is 26.2 Å². The Morgan fingerprint density at radius 2 is 1.67 bits per heavy atom. The molecule has 0 aromatic heterocycles. The fourth-order valence-corrected chi connectivity index (χ4v) is 3.01. The van der Waals surface area contributed by atoms with E-state index in [-0.39, 0.29) is 17.7 Å². The molecule has 24 heavy (non-hydrogen) atoms. The molecule has 1 aliphatic rings. The molecule has 0 radical (unpaired) electrons. The van der Waals surface area contributed by atoms with E-state index in [1.165, 1.54) is 0 Å². The van der Waals surface area contributed by atoms with Gasteiger partial charge in [0.15, 0.2) is 0 Å². The Kier molecular flexibility index (Phi) is 6.59. The van der Waals surface area contributed by atoms with Gasteiger partial charge in [0.2, 0.25) is 11.8 Å². The molecule has 0 aliphatic carbocycles. The zero-order valence-electron chi connectivity index (χ0n) is 15.0. The van der Waals surface area contributed by atoms with Crippen LogP contribution in [-0.4, -0.2) is 47.8 Å². The Morgan fingerprint density at radius 3 is 2.29 bits per heavy atom. The summed E-state index contributed by atoms with van der Waals surface area (Å²) in [5.41, 5.74) is 2.15. The van der Waals surface area contributed by atoms with E-state index in [9.17, 15) is 9.59 Å². The average molecular weight is 328 g/mol. The minimum Gasteiger partial charge on any atom is -0.341 e. The van der Waals surface area contributed by atoms with Crippen molar-refractivity contribution >= 4 is 17.4 Å². The van der Waals surface area contributed by atoms with Gasteiger partial charge in [0.05, 0.1) is 0 Å². The first-order valence-electron chi connectivity index (χ1n) is 8.86. The van der Waals surface area contributed by atoms with Crippen molar-refractivity contribution in [3.63, 3.8) is 0 Å². The first-order valence-corrected chi connectivity index (χ1v) is 8.86. The maximum absolute atomic E-state index is 12.6. The van der Waals surface area contributed by atoms with E-state index in [1.54, 1.807) is 6.08 Å². The summed E-state index contributed by atoms with van der Waals surface area (Å²) in [6.45, 7) is 8.60. The van der Waals surface area contributed by atoms with Crippen molar-refractivity contribution in [1.29, 1.82) is 0 Å². The van der Waals surface area contributed by atoms with Crippen LogP contribution in [0.3, 0.4) is 0 Å². The number of carbonyl (C=O) groups excluding carboxylic acids is 2.